The largest absolute Gasteiger partial charge is 0.357 e. The molecule has 0 bridgehead atoms. The first-order valence-electron chi connectivity index (χ1n) is 9.99. The number of guanidine groups is 1. The quantitative estimate of drug-likeness (QED) is 0.206. The Hall–Kier alpha value is -0.570. The molecule has 2 N–H and O–H groups in total. The Kier molecular flexibility index (Phi) is 14.2. The normalized spacial score (nSPS) is 16.2. The summed E-state index contributed by atoms with van der Waals surface area (Å²) >= 11 is 0. The summed E-state index contributed by atoms with van der Waals surface area (Å²) in [7, 11) is 4.29. The average molecular weight is 481 g/mol. The molecule has 1 saturated heterocycles. The fourth-order valence-electron chi connectivity index (χ4n) is 3.51. The number of halogens is 1. The summed E-state index contributed by atoms with van der Waals surface area (Å²) in [4.78, 5) is 20.7. The number of hydrogen-bond donors (Lipinski definition) is 2. The summed E-state index contributed by atoms with van der Waals surface area (Å²) in [6.45, 7) is 10.9. The maximum absolute atomic E-state index is 11.6. The molecule has 0 radical (unpaired) electrons. The van der Waals surface area contributed by atoms with Crippen LogP contribution in [0.3, 0.4) is 0 Å². The minimum Gasteiger partial charge on any atom is -0.357 e. The number of likely N-dealkylation sites (N-methyl/N-ethyl adjacent to an activating group) is 1. The first-order valence-corrected chi connectivity index (χ1v) is 9.99. The zero-order chi connectivity index (χ0) is 18.7. The molecule has 26 heavy (non-hydrogen) atoms. The van der Waals surface area contributed by atoms with Gasteiger partial charge in [-0.05, 0) is 39.8 Å². The molecule has 1 rings (SSSR count). The van der Waals surface area contributed by atoms with E-state index in [1.807, 2.05) is 4.90 Å². The van der Waals surface area contributed by atoms with Crippen molar-refractivity contribution < 1.29 is 4.79 Å². The standard InChI is InChI=1S/C19H39N5O.HI/c1-6-16(7-2)17(23(4)5)15-22-19(20-8-3)21-12-10-14-24-13-9-11-18(24)25;/h16-17H,6-15H2,1-5H3,(H2,20,21,22);1H. The van der Waals surface area contributed by atoms with E-state index in [-0.39, 0.29) is 24.0 Å². The van der Waals surface area contributed by atoms with Gasteiger partial charge in [-0.25, -0.2) is 0 Å². The van der Waals surface area contributed by atoms with Gasteiger partial charge in [0.1, 0.15) is 0 Å². The van der Waals surface area contributed by atoms with Crippen molar-refractivity contribution in [2.24, 2.45) is 10.9 Å². The predicted molar refractivity (Wildman–Crippen MR) is 121 cm³/mol. The molecule has 0 aromatic carbocycles. The highest BCUT2D eigenvalue weighted by atomic mass is 127. The van der Waals surface area contributed by atoms with Gasteiger partial charge in [-0.2, -0.15) is 0 Å². The summed E-state index contributed by atoms with van der Waals surface area (Å²) in [6, 6.07) is 0.465. The van der Waals surface area contributed by atoms with Gasteiger partial charge in [0, 0.05) is 38.6 Å². The molecule has 1 aliphatic heterocycles. The van der Waals surface area contributed by atoms with Crippen molar-refractivity contribution in [3.05, 3.63) is 0 Å². The van der Waals surface area contributed by atoms with Crippen molar-refractivity contribution in [1.82, 2.24) is 20.4 Å². The van der Waals surface area contributed by atoms with Crippen LogP contribution in [-0.4, -0.2) is 74.5 Å². The highest BCUT2D eigenvalue weighted by molar-refractivity contribution is 14.0. The van der Waals surface area contributed by atoms with Crippen LogP contribution in [0.4, 0.5) is 0 Å². The molecule has 1 aliphatic rings. The van der Waals surface area contributed by atoms with E-state index in [1.165, 1.54) is 12.8 Å². The molecule has 7 heteroatoms. The summed E-state index contributed by atoms with van der Waals surface area (Å²) in [5.41, 5.74) is 0. The van der Waals surface area contributed by atoms with Gasteiger partial charge in [0.2, 0.25) is 5.91 Å². The van der Waals surface area contributed by atoms with E-state index in [1.54, 1.807) is 0 Å². The number of rotatable bonds is 11. The molecule has 0 saturated carbocycles. The van der Waals surface area contributed by atoms with Gasteiger partial charge in [0.05, 0.1) is 6.54 Å². The Bertz CT molecular complexity index is 413. The first kappa shape index (κ1) is 25.4. The first-order chi connectivity index (χ1) is 12.0. The van der Waals surface area contributed by atoms with Crippen LogP contribution < -0.4 is 10.6 Å². The van der Waals surface area contributed by atoms with Gasteiger partial charge in [-0.15, -0.1) is 24.0 Å². The fourth-order valence-corrected chi connectivity index (χ4v) is 3.51. The second kappa shape index (κ2) is 14.5. The van der Waals surface area contributed by atoms with Crippen LogP contribution >= 0.6 is 24.0 Å². The molecule has 0 aromatic heterocycles. The van der Waals surface area contributed by atoms with E-state index < -0.39 is 0 Å². The molecular weight excluding hydrogens is 441 g/mol. The van der Waals surface area contributed by atoms with E-state index in [0.717, 1.165) is 57.9 Å². The Balaban J connectivity index is 0.00000625. The van der Waals surface area contributed by atoms with Gasteiger partial charge in [0.15, 0.2) is 5.96 Å². The third-order valence-corrected chi connectivity index (χ3v) is 5.11. The third-order valence-electron chi connectivity index (χ3n) is 5.11. The number of likely N-dealkylation sites (tertiary alicyclic amines) is 1. The van der Waals surface area contributed by atoms with Crippen molar-refractivity contribution in [2.75, 3.05) is 46.8 Å². The van der Waals surface area contributed by atoms with Gasteiger partial charge < -0.3 is 20.4 Å². The molecule has 154 valence electrons. The molecule has 1 heterocycles. The molecule has 1 fully saturated rings. The van der Waals surface area contributed by atoms with Crippen LogP contribution in [0.25, 0.3) is 0 Å². The minimum absolute atomic E-state index is 0. The van der Waals surface area contributed by atoms with Gasteiger partial charge >= 0.3 is 0 Å². The number of hydrogen-bond acceptors (Lipinski definition) is 3. The Labute approximate surface area is 177 Å². The van der Waals surface area contributed by atoms with Crippen molar-refractivity contribution >= 4 is 35.8 Å². The zero-order valence-corrected chi connectivity index (χ0v) is 19.7. The summed E-state index contributed by atoms with van der Waals surface area (Å²) in [5.74, 6) is 1.86. The van der Waals surface area contributed by atoms with E-state index in [9.17, 15) is 4.79 Å². The lowest BCUT2D eigenvalue weighted by molar-refractivity contribution is -0.127. The van der Waals surface area contributed by atoms with Crippen LogP contribution in [0.5, 0.6) is 0 Å². The molecule has 0 aromatic rings. The maximum atomic E-state index is 11.6. The SMILES string of the molecule is CCNC(=NCC(C(CC)CC)N(C)C)NCCCN1CCCC1=O.I. The van der Waals surface area contributed by atoms with Crippen molar-refractivity contribution in [2.45, 2.75) is 58.9 Å². The number of nitrogens with zero attached hydrogens (tertiary/aromatic N) is 3. The number of carbonyl (C=O) groups excluding carboxylic acids is 1. The lowest BCUT2D eigenvalue weighted by Crippen LogP contribution is -2.42. The van der Waals surface area contributed by atoms with Crippen LogP contribution in [0.15, 0.2) is 4.99 Å². The van der Waals surface area contributed by atoms with Gasteiger partial charge in [-0.3, -0.25) is 9.79 Å². The highest BCUT2D eigenvalue weighted by Gasteiger charge is 2.21. The molecule has 0 spiro atoms. The van der Waals surface area contributed by atoms with E-state index in [0.29, 0.717) is 17.9 Å². The van der Waals surface area contributed by atoms with Crippen molar-refractivity contribution in [3.63, 3.8) is 0 Å². The Morgan fingerprint density at radius 3 is 2.42 bits per heavy atom. The molecule has 0 aliphatic carbocycles. The Morgan fingerprint density at radius 1 is 1.23 bits per heavy atom. The number of amides is 1. The lowest BCUT2D eigenvalue weighted by Gasteiger charge is -2.30. The van der Waals surface area contributed by atoms with Gasteiger partial charge in [0.25, 0.3) is 0 Å². The summed E-state index contributed by atoms with van der Waals surface area (Å²) in [5, 5.41) is 6.74. The van der Waals surface area contributed by atoms with Crippen molar-refractivity contribution in [1.29, 1.82) is 0 Å². The molecule has 1 amide bonds. The lowest BCUT2D eigenvalue weighted by atomic mass is 9.93. The van der Waals surface area contributed by atoms with E-state index in [2.05, 4.69) is 50.4 Å². The zero-order valence-electron chi connectivity index (χ0n) is 17.4. The van der Waals surface area contributed by atoms with Crippen molar-refractivity contribution in [3.8, 4) is 0 Å². The topological polar surface area (TPSA) is 60.0 Å². The predicted octanol–water partition coefficient (Wildman–Crippen LogP) is 2.54. The van der Waals surface area contributed by atoms with Crippen LogP contribution in [0, 0.1) is 5.92 Å². The number of nitrogens with one attached hydrogen (secondary N) is 2. The molecular formula is C19H40IN5O. The minimum atomic E-state index is 0. The maximum Gasteiger partial charge on any atom is 0.222 e. The van der Waals surface area contributed by atoms with E-state index >= 15 is 0 Å². The number of aliphatic imine (C=N–C) groups is 1. The molecule has 1 atom stereocenters. The number of carbonyl (C=O) groups is 1. The second-order valence-electron chi connectivity index (χ2n) is 7.09. The monoisotopic (exact) mass is 481 g/mol. The Morgan fingerprint density at radius 2 is 1.92 bits per heavy atom. The smallest absolute Gasteiger partial charge is 0.222 e. The van der Waals surface area contributed by atoms with E-state index in [4.69, 9.17) is 4.99 Å². The molecule has 6 nitrogen and oxygen atoms in total. The van der Waals surface area contributed by atoms with Crippen LogP contribution in [0.1, 0.15) is 52.9 Å². The summed E-state index contributed by atoms with van der Waals surface area (Å²) in [6.07, 6.45) is 5.06. The summed E-state index contributed by atoms with van der Waals surface area (Å²) < 4.78 is 0. The average Bonchev–Trinajstić information content (AvgIpc) is 2.99. The highest BCUT2D eigenvalue weighted by Crippen LogP contribution is 2.17. The third kappa shape index (κ3) is 8.88. The van der Waals surface area contributed by atoms with Gasteiger partial charge in [-0.1, -0.05) is 26.7 Å². The fraction of sp³-hybridized carbons (Fsp3) is 0.895. The second-order valence-corrected chi connectivity index (χ2v) is 7.09. The van der Waals surface area contributed by atoms with Crippen LogP contribution in [-0.2, 0) is 4.79 Å². The van der Waals surface area contributed by atoms with Crippen LogP contribution in [0.2, 0.25) is 0 Å². The molecule has 1 unspecified atom stereocenters.